The fourth-order valence-corrected chi connectivity index (χ4v) is 13.1. The number of thioether (sulfide) groups is 2. The number of nitriles is 1. The first-order valence-corrected chi connectivity index (χ1v) is 27.3. The molecule has 4 aromatic carbocycles. The third-order valence-electron chi connectivity index (χ3n) is 13.8. The molecule has 2 aliphatic rings. The van der Waals surface area contributed by atoms with E-state index in [0.29, 0.717) is 11.8 Å². The Morgan fingerprint density at radius 2 is 0.891 bits per heavy atom. The van der Waals surface area contributed by atoms with E-state index < -0.39 is 0 Å². The summed E-state index contributed by atoms with van der Waals surface area (Å²) in [5.74, 6) is 6.94. The van der Waals surface area contributed by atoms with E-state index in [0.717, 1.165) is 47.5 Å². The summed E-state index contributed by atoms with van der Waals surface area (Å²) in [6, 6.07) is 30.8. The molecule has 0 saturated carbocycles. The molecule has 4 aromatic rings. The minimum atomic E-state index is 0.0896. The third kappa shape index (κ3) is 14.4. The van der Waals surface area contributed by atoms with Crippen LogP contribution in [0, 0.1) is 11.5 Å². The lowest BCUT2D eigenvalue weighted by molar-refractivity contribution is 0.369. The van der Waals surface area contributed by atoms with Gasteiger partial charge in [-0.25, -0.2) is 0 Å². The summed E-state index contributed by atoms with van der Waals surface area (Å²) >= 11 is 6.42. The summed E-state index contributed by atoms with van der Waals surface area (Å²) < 4.78 is 23.1. The van der Waals surface area contributed by atoms with E-state index in [1.807, 2.05) is 29.7 Å². The molecule has 0 spiro atoms. The Morgan fingerprint density at radius 1 is 0.531 bits per heavy atom. The van der Waals surface area contributed by atoms with Crippen LogP contribution in [0.25, 0.3) is 0 Å². The highest BCUT2D eigenvalue weighted by molar-refractivity contribution is 14.1. The number of methoxy groups -OCH3 is 4. The number of unbranched alkanes of at least 4 members (excludes halogenated alkanes) is 12. The molecule has 64 heavy (non-hydrogen) atoms. The van der Waals surface area contributed by atoms with Gasteiger partial charge < -0.3 is 24.3 Å². The van der Waals surface area contributed by atoms with Crippen LogP contribution >= 0.6 is 46.1 Å². The van der Waals surface area contributed by atoms with Crippen LogP contribution in [0.15, 0.2) is 94.7 Å². The van der Waals surface area contributed by atoms with Gasteiger partial charge in [-0.2, -0.15) is 5.26 Å². The van der Waals surface area contributed by atoms with Crippen molar-refractivity contribution in [3.63, 3.8) is 0 Å². The molecule has 4 atom stereocenters. The van der Waals surface area contributed by atoms with Crippen molar-refractivity contribution in [1.29, 1.82) is 5.26 Å². The highest BCUT2D eigenvalue weighted by Crippen LogP contribution is 2.54. The van der Waals surface area contributed by atoms with E-state index in [2.05, 4.69) is 127 Å². The number of hydrogen-bond acceptors (Lipinski definition) is 8. The highest BCUT2D eigenvalue weighted by atomic mass is 127. The van der Waals surface area contributed by atoms with Crippen molar-refractivity contribution in [1.82, 2.24) is 5.32 Å². The minimum Gasteiger partial charge on any atom is -0.497 e. The number of nitrogens with zero attached hydrogens (tertiary/aromatic N) is 1. The van der Waals surface area contributed by atoms with Crippen LogP contribution < -0.4 is 24.3 Å². The summed E-state index contributed by atoms with van der Waals surface area (Å²) in [5.41, 5.74) is 6.00. The molecule has 348 valence electrons. The van der Waals surface area contributed by atoms with Gasteiger partial charge in [-0.15, -0.1) is 23.5 Å². The molecule has 2 heterocycles. The Bertz CT molecular complexity index is 2010. The number of halogens is 1. The Hall–Kier alpha value is -3.20. The molecule has 0 aliphatic carbocycles. The largest absolute Gasteiger partial charge is 0.497 e. The minimum absolute atomic E-state index is 0.0896. The van der Waals surface area contributed by atoms with Crippen LogP contribution in [0.4, 0.5) is 0 Å². The quantitative estimate of drug-likeness (QED) is 0.0231. The van der Waals surface area contributed by atoms with Crippen molar-refractivity contribution in [3.05, 3.63) is 107 Å². The van der Waals surface area contributed by atoms with E-state index in [1.165, 1.54) is 133 Å². The summed E-state index contributed by atoms with van der Waals surface area (Å²) in [6.45, 7) is 5.71. The molecule has 0 fully saturated rings. The van der Waals surface area contributed by atoms with Gasteiger partial charge in [0, 0.05) is 38.7 Å². The maximum absolute atomic E-state index is 8.52. The number of benzene rings is 4. The fourth-order valence-electron chi connectivity index (χ4n) is 9.74. The summed E-state index contributed by atoms with van der Waals surface area (Å²) in [4.78, 5) is 2.77. The van der Waals surface area contributed by atoms with Gasteiger partial charge in [0.25, 0.3) is 0 Å². The molecule has 9 heteroatoms. The zero-order valence-corrected chi connectivity index (χ0v) is 43.4. The number of hydrogen-bond donors (Lipinski definition) is 1. The van der Waals surface area contributed by atoms with Crippen LogP contribution in [0.1, 0.15) is 151 Å². The van der Waals surface area contributed by atoms with Crippen LogP contribution in [0.3, 0.4) is 0 Å². The van der Waals surface area contributed by atoms with E-state index in [4.69, 9.17) is 24.2 Å². The maximum atomic E-state index is 8.52. The van der Waals surface area contributed by atoms with Gasteiger partial charge in [-0.3, -0.25) is 0 Å². The molecular weight excluding hydrogens is 944 g/mol. The van der Waals surface area contributed by atoms with Crippen molar-refractivity contribution in [2.45, 2.75) is 149 Å². The first-order valence-electron chi connectivity index (χ1n) is 23.8. The van der Waals surface area contributed by atoms with Gasteiger partial charge in [0.05, 0.1) is 28.4 Å². The van der Waals surface area contributed by atoms with Gasteiger partial charge in [0.2, 0.25) is 0 Å². The van der Waals surface area contributed by atoms with E-state index in [9.17, 15) is 0 Å². The second kappa shape index (κ2) is 27.4. The predicted octanol–water partition coefficient (Wildman–Crippen LogP) is 15.4. The van der Waals surface area contributed by atoms with Gasteiger partial charge in [-0.05, 0) is 113 Å². The number of rotatable bonds is 25. The molecule has 0 aromatic heterocycles. The van der Waals surface area contributed by atoms with Crippen LogP contribution in [0.5, 0.6) is 23.0 Å². The second-order valence-electron chi connectivity index (χ2n) is 18.0. The lowest BCUT2D eigenvalue weighted by Gasteiger charge is -2.43. The van der Waals surface area contributed by atoms with Crippen LogP contribution in [-0.4, -0.2) is 50.9 Å². The van der Waals surface area contributed by atoms with Crippen LogP contribution in [-0.2, 0) is 10.8 Å². The van der Waals surface area contributed by atoms with Crippen molar-refractivity contribution in [2.24, 2.45) is 0 Å². The number of fused-ring (bicyclic) bond motifs is 2. The Balaban J connectivity index is 0.000000241. The lowest BCUT2D eigenvalue weighted by atomic mass is 9.68. The molecule has 1 N–H and O–H groups in total. The molecule has 0 amide bonds. The Kier molecular flexibility index (Phi) is 22.2. The summed E-state index contributed by atoms with van der Waals surface area (Å²) in [5, 5.41) is 11.2. The van der Waals surface area contributed by atoms with Gasteiger partial charge >= 0.3 is 0 Å². The molecule has 0 saturated heterocycles. The molecule has 2 aliphatic heterocycles. The Labute approximate surface area is 409 Å². The second-order valence-corrected chi connectivity index (χ2v) is 21.1. The number of ether oxygens (including phenoxy) is 4. The number of nitrogens with one attached hydrogen (secondary N) is 1. The van der Waals surface area contributed by atoms with Crippen LogP contribution in [0.2, 0.25) is 0 Å². The monoisotopic (exact) mass is 1020 g/mol. The number of alkyl halides is 1. The first-order chi connectivity index (χ1) is 31.2. The van der Waals surface area contributed by atoms with Gasteiger partial charge in [-0.1, -0.05) is 150 Å². The molecule has 6 nitrogen and oxygen atoms in total. The van der Waals surface area contributed by atoms with Crippen molar-refractivity contribution < 1.29 is 18.9 Å². The SMILES string of the molecule is COc1ccc(C2(C)CSc3cc(OC)ccc3C2CCCCCCCCCI)cc1.COc1ccc(C2(C)CSc3cc(OC)ccc3C2CCCCCCCCCNC#N)cc1. The topological polar surface area (TPSA) is 72.7 Å². The molecule has 4 unspecified atom stereocenters. The maximum Gasteiger partial charge on any atom is 0.176 e. The van der Waals surface area contributed by atoms with Crippen molar-refractivity contribution in [2.75, 3.05) is 50.9 Å². The molecule has 0 radical (unpaired) electrons. The third-order valence-corrected chi connectivity index (χ3v) is 17.4. The van der Waals surface area contributed by atoms with Crippen molar-refractivity contribution >= 4 is 46.1 Å². The summed E-state index contributed by atoms with van der Waals surface area (Å²) in [7, 11) is 6.97. The highest BCUT2D eigenvalue weighted by Gasteiger charge is 2.42. The van der Waals surface area contributed by atoms with Gasteiger partial charge in [0.1, 0.15) is 23.0 Å². The standard InChI is InChI=1S/C28H38N2O2S.C27H37IO2S/c1-28(22-12-14-23(31-2)15-13-22)20-33-27-19-24(32-3)16-17-25(27)26(28)11-9-7-5-4-6-8-10-18-30-21-29;1-27(21-12-14-22(29-2)15-13-21)20-31-26-19-23(30-3)16-17-24(26)25(27)11-9-7-5-4-6-8-10-18-28/h12-17,19,26,30H,4-11,18,20H2,1-3H3;12-17,19,25H,4-11,18,20H2,1-3H3. The van der Waals surface area contributed by atoms with E-state index in [-0.39, 0.29) is 10.8 Å². The normalized spacial score (nSPS) is 19.8. The smallest absolute Gasteiger partial charge is 0.176 e. The van der Waals surface area contributed by atoms with E-state index in [1.54, 1.807) is 28.4 Å². The van der Waals surface area contributed by atoms with E-state index >= 15 is 0 Å². The Morgan fingerprint density at radius 3 is 1.27 bits per heavy atom. The first kappa shape index (κ1) is 51.8. The molecule has 0 bridgehead atoms. The summed E-state index contributed by atoms with van der Waals surface area (Å²) in [6.07, 6.45) is 22.7. The average Bonchev–Trinajstić information content (AvgIpc) is 3.34. The van der Waals surface area contributed by atoms with Gasteiger partial charge in [0.15, 0.2) is 6.19 Å². The molecule has 6 rings (SSSR count). The average molecular weight is 1020 g/mol. The zero-order chi connectivity index (χ0) is 45.6. The zero-order valence-electron chi connectivity index (χ0n) is 39.7. The molecular formula is C55H75IN2O4S2. The lowest BCUT2D eigenvalue weighted by Crippen LogP contribution is -2.36. The fraction of sp³-hybridized carbons (Fsp3) is 0.545. The predicted molar refractivity (Wildman–Crippen MR) is 280 cm³/mol. The van der Waals surface area contributed by atoms with Crippen molar-refractivity contribution in [3.8, 4) is 29.2 Å².